The van der Waals surface area contributed by atoms with Gasteiger partial charge in [0.25, 0.3) is 0 Å². The summed E-state index contributed by atoms with van der Waals surface area (Å²) in [6, 6.07) is 5.09. The largest absolute Gasteiger partial charge is 0.508 e. The van der Waals surface area contributed by atoms with Crippen molar-refractivity contribution in [1.29, 1.82) is 0 Å². The normalized spacial score (nSPS) is 24.0. The van der Waals surface area contributed by atoms with Crippen LogP contribution in [0.15, 0.2) is 18.2 Å². The maximum Gasteiger partial charge on any atom is 0.310 e. The fourth-order valence-electron chi connectivity index (χ4n) is 3.04. The van der Waals surface area contributed by atoms with Crippen molar-refractivity contribution in [3.63, 3.8) is 0 Å². The average Bonchev–Trinajstić information content (AvgIpc) is 2.93. The Morgan fingerprint density at radius 3 is 2.76 bits per heavy atom. The van der Waals surface area contributed by atoms with Crippen LogP contribution >= 0.6 is 0 Å². The van der Waals surface area contributed by atoms with E-state index in [1.165, 1.54) is 0 Å². The smallest absolute Gasteiger partial charge is 0.310 e. The molecule has 1 aromatic rings. The zero-order valence-corrected chi connectivity index (χ0v) is 12.8. The van der Waals surface area contributed by atoms with Gasteiger partial charge in [0, 0.05) is 18.2 Å². The van der Waals surface area contributed by atoms with Crippen LogP contribution in [0.2, 0.25) is 0 Å². The van der Waals surface area contributed by atoms with E-state index < -0.39 is 11.4 Å². The zero-order chi connectivity index (χ0) is 15.6. The van der Waals surface area contributed by atoms with Gasteiger partial charge >= 0.3 is 5.97 Å². The SMILES string of the molecule is CCC1(C(=O)O)CCN(C(C)c2cc(OC)ccc2O)C1. The number of ether oxygens (including phenoxy) is 1. The molecule has 0 saturated carbocycles. The van der Waals surface area contributed by atoms with E-state index in [0.29, 0.717) is 25.1 Å². The number of benzene rings is 1. The first-order chi connectivity index (χ1) is 9.93. The molecule has 1 heterocycles. The van der Waals surface area contributed by atoms with E-state index in [0.717, 1.165) is 12.1 Å². The van der Waals surface area contributed by atoms with Crippen LogP contribution in [-0.2, 0) is 4.79 Å². The zero-order valence-electron chi connectivity index (χ0n) is 12.8. The summed E-state index contributed by atoms with van der Waals surface area (Å²) in [6.45, 7) is 5.14. The van der Waals surface area contributed by atoms with Gasteiger partial charge < -0.3 is 14.9 Å². The first-order valence-corrected chi connectivity index (χ1v) is 7.28. The molecule has 2 unspecified atom stereocenters. The molecule has 21 heavy (non-hydrogen) atoms. The second kappa shape index (κ2) is 5.93. The molecule has 5 heteroatoms. The van der Waals surface area contributed by atoms with Crippen molar-refractivity contribution < 1.29 is 19.7 Å². The van der Waals surface area contributed by atoms with Crippen molar-refractivity contribution in [2.75, 3.05) is 20.2 Å². The summed E-state index contributed by atoms with van der Waals surface area (Å²) in [7, 11) is 1.59. The number of methoxy groups -OCH3 is 1. The summed E-state index contributed by atoms with van der Waals surface area (Å²) in [5.74, 6) is 0.177. The lowest BCUT2D eigenvalue weighted by molar-refractivity contribution is -0.148. The monoisotopic (exact) mass is 293 g/mol. The van der Waals surface area contributed by atoms with Crippen LogP contribution in [0.3, 0.4) is 0 Å². The molecule has 0 spiro atoms. The van der Waals surface area contributed by atoms with Gasteiger partial charge in [-0.3, -0.25) is 9.69 Å². The lowest BCUT2D eigenvalue weighted by atomic mass is 9.84. The molecule has 116 valence electrons. The summed E-state index contributed by atoms with van der Waals surface area (Å²) in [6.07, 6.45) is 1.27. The van der Waals surface area contributed by atoms with Gasteiger partial charge in [0.05, 0.1) is 12.5 Å². The molecule has 1 aliphatic rings. The van der Waals surface area contributed by atoms with E-state index in [2.05, 4.69) is 4.90 Å². The Labute approximate surface area is 125 Å². The number of nitrogens with zero attached hydrogens (tertiary/aromatic N) is 1. The Morgan fingerprint density at radius 2 is 2.24 bits per heavy atom. The van der Waals surface area contributed by atoms with Crippen LogP contribution < -0.4 is 4.74 Å². The lowest BCUT2D eigenvalue weighted by Crippen LogP contribution is -2.35. The molecule has 0 bridgehead atoms. The van der Waals surface area contributed by atoms with Gasteiger partial charge in [0.15, 0.2) is 0 Å². The highest BCUT2D eigenvalue weighted by molar-refractivity contribution is 5.75. The predicted octanol–water partition coefficient (Wildman–Crippen LogP) is 2.65. The maximum atomic E-state index is 11.5. The molecule has 5 nitrogen and oxygen atoms in total. The molecule has 0 aromatic heterocycles. The summed E-state index contributed by atoms with van der Waals surface area (Å²) >= 11 is 0. The number of likely N-dealkylation sites (tertiary alicyclic amines) is 1. The number of hydrogen-bond acceptors (Lipinski definition) is 4. The standard InChI is InChI=1S/C16H23NO4/c1-4-16(15(19)20)7-8-17(10-16)11(2)13-9-12(21-3)5-6-14(13)18/h5-6,9,11,18H,4,7-8,10H2,1-3H3,(H,19,20). The second-order valence-electron chi connectivity index (χ2n) is 5.76. The van der Waals surface area contributed by atoms with Gasteiger partial charge in [0.2, 0.25) is 0 Å². The molecule has 2 atom stereocenters. The van der Waals surface area contributed by atoms with Crippen molar-refractivity contribution in [3.8, 4) is 11.5 Å². The highest BCUT2D eigenvalue weighted by Crippen LogP contribution is 2.40. The lowest BCUT2D eigenvalue weighted by Gasteiger charge is -2.28. The van der Waals surface area contributed by atoms with Crippen LogP contribution in [-0.4, -0.2) is 41.3 Å². The number of phenolic OH excluding ortho intramolecular Hbond substituents is 1. The van der Waals surface area contributed by atoms with Crippen LogP contribution in [0.1, 0.15) is 38.3 Å². The third-order valence-corrected chi connectivity index (χ3v) is 4.75. The molecule has 1 saturated heterocycles. The minimum Gasteiger partial charge on any atom is -0.508 e. The Kier molecular flexibility index (Phi) is 4.42. The Bertz CT molecular complexity index is 531. The number of phenols is 1. The number of aliphatic carboxylic acids is 1. The van der Waals surface area contributed by atoms with E-state index in [9.17, 15) is 15.0 Å². The summed E-state index contributed by atoms with van der Waals surface area (Å²) < 4.78 is 5.20. The first kappa shape index (κ1) is 15.6. The van der Waals surface area contributed by atoms with E-state index in [4.69, 9.17) is 4.74 Å². The van der Waals surface area contributed by atoms with E-state index in [1.54, 1.807) is 19.2 Å². The molecule has 0 amide bonds. The number of rotatable bonds is 5. The molecular weight excluding hydrogens is 270 g/mol. The van der Waals surface area contributed by atoms with Crippen LogP contribution in [0.4, 0.5) is 0 Å². The summed E-state index contributed by atoms with van der Waals surface area (Å²) in [4.78, 5) is 13.6. The van der Waals surface area contributed by atoms with Crippen LogP contribution in [0.25, 0.3) is 0 Å². The number of aromatic hydroxyl groups is 1. The van der Waals surface area contributed by atoms with Crippen molar-refractivity contribution in [3.05, 3.63) is 23.8 Å². The molecule has 1 aliphatic heterocycles. The topological polar surface area (TPSA) is 70.0 Å². The predicted molar refractivity (Wildman–Crippen MR) is 79.6 cm³/mol. The Balaban J connectivity index is 2.22. The molecule has 2 N–H and O–H groups in total. The van der Waals surface area contributed by atoms with E-state index in [1.807, 2.05) is 19.9 Å². The minimum absolute atomic E-state index is 0.0483. The van der Waals surface area contributed by atoms with Crippen LogP contribution in [0.5, 0.6) is 11.5 Å². The van der Waals surface area contributed by atoms with Gasteiger partial charge in [-0.25, -0.2) is 0 Å². The Hall–Kier alpha value is -1.75. The van der Waals surface area contributed by atoms with Gasteiger partial charge in [-0.15, -0.1) is 0 Å². The summed E-state index contributed by atoms with van der Waals surface area (Å²) in [5.41, 5.74) is 0.106. The molecular formula is C16H23NO4. The molecule has 0 radical (unpaired) electrons. The molecule has 0 aliphatic carbocycles. The van der Waals surface area contributed by atoms with Crippen molar-refractivity contribution in [2.45, 2.75) is 32.7 Å². The number of carboxylic acids is 1. The van der Waals surface area contributed by atoms with Gasteiger partial charge in [-0.05, 0) is 44.5 Å². The highest BCUT2D eigenvalue weighted by Gasteiger charge is 2.44. The Morgan fingerprint density at radius 1 is 1.52 bits per heavy atom. The number of carboxylic acid groups (broad SMARTS) is 1. The fourth-order valence-corrected chi connectivity index (χ4v) is 3.04. The molecule has 1 fully saturated rings. The molecule has 2 rings (SSSR count). The minimum atomic E-state index is -0.727. The van der Waals surface area contributed by atoms with Gasteiger partial charge in [0.1, 0.15) is 11.5 Å². The van der Waals surface area contributed by atoms with Crippen molar-refractivity contribution in [1.82, 2.24) is 4.90 Å². The third-order valence-electron chi connectivity index (χ3n) is 4.75. The maximum absolute atomic E-state index is 11.5. The fraction of sp³-hybridized carbons (Fsp3) is 0.562. The third kappa shape index (κ3) is 2.83. The van der Waals surface area contributed by atoms with Gasteiger partial charge in [-0.2, -0.15) is 0 Å². The second-order valence-corrected chi connectivity index (χ2v) is 5.76. The van der Waals surface area contributed by atoms with Crippen molar-refractivity contribution in [2.24, 2.45) is 5.41 Å². The number of carbonyl (C=O) groups is 1. The number of hydrogen-bond donors (Lipinski definition) is 2. The summed E-state index contributed by atoms with van der Waals surface area (Å²) in [5, 5.41) is 19.5. The van der Waals surface area contributed by atoms with E-state index in [-0.39, 0.29) is 11.8 Å². The molecule has 1 aromatic carbocycles. The van der Waals surface area contributed by atoms with Crippen LogP contribution in [0, 0.1) is 5.41 Å². The van der Waals surface area contributed by atoms with Gasteiger partial charge in [-0.1, -0.05) is 6.92 Å². The average molecular weight is 293 g/mol. The first-order valence-electron chi connectivity index (χ1n) is 7.28. The van der Waals surface area contributed by atoms with Crippen molar-refractivity contribution >= 4 is 5.97 Å². The quantitative estimate of drug-likeness (QED) is 0.873. The van der Waals surface area contributed by atoms with E-state index >= 15 is 0 Å². The highest BCUT2D eigenvalue weighted by atomic mass is 16.5.